The quantitative estimate of drug-likeness (QED) is 0.750. The monoisotopic (exact) mass is 374 g/mol. The molecule has 5 heteroatoms. The van der Waals surface area contributed by atoms with Crippen molar-refractivity contribution in [3.8, 4) is 0 Å². The minimum Gasteiger partial charge on any atom is -0.395 e. The number of hydrogen-bond acceptors (Lipinski definition) is 3. The molecule has 0 radical (unpaired) electrons. The van der Waals surface area contributed by atoms with E-state index in [1.165, 1.54) is 6.42 Å². The fourth-order valence-corrected chi connectivity index (χ4v) is 2.77. The Hall–Kier alpha value is -0.660. The number of nitrogens with one attached hydrogen (secondary N) is 1. The summed E-state index contributed by atoms with van der Waals surface area (Å²) in [5.41, 5.74) is 0.828. The smallest absolute Gasteiger partial charge is 0.238 e. The van der Waals surface area contributed by atoms with Gasteiger partial charge < -0.3 is 10.4 Å². The minimum atomic E-state index is -0.0117. The van der Waals surface area contributed by atoms with Gasteiger partial charge in [0.2, 0.25) is 5.91 Å². The molecule has 0 spiro atoms. The van der Waals surface area contributed by atoms with E-state index in [-0.39, 0.29) is 12.5 Å². The Morgan fingerprint density at radius 3 is 2.84 bits per heavy atom. The molecule has 0 aliphatic heterocycles. The summed E-state index contributed by atoms with van der Waals surface area (Å²) in [5, 5.41) is 12.0. The van der Waals surface area contributed by atoms with Crippen LogP contribution in [-0.4, -0.2) is 41.7 Å². The van der Waals surface area contributed by atoms with Crippen molar-refractivity contribution in [1.29, 1.82) is 0 Å². The lowest BCUT2D eigenvalue weighted by atomic mass is 9.91. The van der Waals surface area contributed by atoms with Crippen LogP contribution in [0.5, 0.6) is 0 Å². The largest absolute Gasteiger partial charge is 0.395 e. The van der Waals surface area contributed by atoms with E-state index >= 15 is 0 Å². The van der Waals surface area contributed by atoms with Gasteiger partial charge in [-0.05, 0) is 53.6 Å². The average molecular weight is 374 g/mol. The van der Waals surface area contributed by atoms with Gasteiger partial charge in [-0.3, -0.25) is 9.69 Å². The van der Waals surface area contributed by atoms with Gasteiger partial charge in [-0.2, -0.15) is 0 Å². The Kier molecular flexibility index (Phi) is 5.59. The number of nitrogens with zero attached hydrogens (tertiary/aromatic N) is 1. The van der Waals surface area contributed by atoms with Crippen molar-refractivity contribution in [2.75, 3.05) is 25.0 Å². The van der Waals surface area contributed by atoms with Gasteiger partial charge in [0.05, 0.1) is 13.2 Å². The van der Waals surface area contributed by atoms with Gasteiger partial charge >= 0.3 is 0 Å². The first-order valence-corrected chi connectivity index (χ1v) is 7.67. The number of carbonyl (C=O) groups excluding carboxylic acids is 1. The van der Waals surface area contributed by atoms with Gasteiger partial charge in [0.25, 0.3) is 0 Å². The predicted octanol–water partition coefficient (Wildman–Crippen LogP) is 2.08. The second kappa shape index (κ2) is 7.21. The zero-order valence-corrected chi connectivity index (χ0v) is 13.0. The van der Waals surface area contributed by atoms with Crippen LogP contribution in [0.2, 0.25) is 0 Å². The summed E-state index contributed by atoms with van der Waals surface area (Å²) >= 11 is 2.22. The van der Waals surface area contributed by atoms with E-state index in [4.69, 9.17) is 5.11 Å². The Bertz CT molecular complexity index is 435. The molecule has 0 unspecified atom stereocenters. The maximum Gasteiger partial charge on any atom is 0.238 e. The zero-order chi connectivity index (χ0) is 13.7. The fraction of sp³-hybridized carbons (Fsp3) is 0.500. The Labute approximate surface area is 127 Å². The number of amides is 1. The molecule has 2 N–H and O–H groups in total. The number of hydrogen-bond donors (Lipinski definition) is 2. The van der Waals surface area contributed by atoms with Crippen LogP contribution in [-0.2, 0) is 4.79 Å². The van der Waals surface area contributed by atoms with Gasteiger partial charge in [0, 0.05) is 21.8 Å². The number of carbonyl (C=O) groups is 1. The number of benzene rings is 1. The van der Waals surface area contributed by atoms with Crippen molar-refractivity contribution in [2.24, 2.45) is 0 Å². The second-order valence-corrected chi connectivity index (χ2v) is 6.08. The van der Waals surface area contributed by atoms with Gasteiger partial charge in [-0.15, -0.1) is 0 Å². The summed E-state index contributed by atoms with van der Waals surface area (Å²) < 4.78 is 1.10. The van der Waals surface area contributed by atoms with Crippen LogP contribution in [0.4, 0.5) is 5.69 Å². The lowest BCUT2D eigenvalue weighted by Gasteiger charge is -2.36. The maximum atomic E-state index is 12.0. The highest BCUT2D eigenvalue weighted by Gasteiger charge is 2.25. The molecule has 1 aromatic rings. The minimum absolute atomic E-state index is 0.0117. The van der Waals surface area contributed by atoms with Crippen molar-refractivity contribution >= 4 is 34.2 Å². The van der Waals surface area contributed by atoms with Crippen LogP contribution in [0.15, 0.2) is 24.3 Å². The van der Waals surface area contributed by atoms with E-state index in [0.29, 0.717) is 19.1 Å². The maximum absolute atomic E-state index is 12.0. The van der Waals surface area contributed by atoms with E-state index < -0.39 is 0 Å². The highest BCUT2D eigenvalue weighted by atomic mass is 127. The van der Waals surface area contributed by atoms with E-state index in [9.17, 15) is 4.79 Å². The van der Waals surface area contributed by atoms with Crippen molar-refractivity contribution in [1.82, 2.24) is 4.90 Å². The molecular weight excluding hydrogens is 355 g/mol. The lowest BCUT2D eigenvalue weighted by molar-refractivity contribution is -0.118. The van der Waals surface area contributed by atoms with E-state index in [1.54, 1.807) is 0 Å². The van der Waals surface area contributed by atoms with Crippen LogP contribution >= 0.6 is 22.6 Å². The number of halogens is 1. The molecule has 1 aromatic carbocycles. The van der Waals surface area contributed by atoms with Crippen molar-refractivity contribution < 1.29 is 9.90 Å². The Morgan fingerprint density at radius 1 is 1.47 bits per heavy atom. The molecule has 0 saturated heterocycles. The highest BCUT2D eigenvalue weighted by molar-refractivity contribution is 14.1. The SMILES string of the molecule is O=C(CN(CCO)C1CCC1)Nc1cccc(I)c1. The predicted molar refractivity (Wildman–Crippen MR) is 84.1 cm³/mol. The van der Waals surface area contributed by atoms with Crippen molar-refractivity contribution in [2.45, 2.75) is 25.3 Å². The summed E-state index contributed by atoms with van der Waals surface area (Å²) in [6.45, 7) is 1.04. The summed E-state index contributed by atoms with van der Waals surface area (Å²) in [7, 11) is 0. The zero-order valence-electron chi connectivity index (χ0n) is 10.8. The Balaban J connectivity index is 1.88. The molecule has 104 valence electrons. The molecule has 1 aliphatic carbocycles. The molecule has 2 rings (SSSR count). The molecule has 0 bridgehead atoms. The second-order valence-electron chi connectivity index (χ2n) is 4.84. The third-order valence-corrected chi connectivity index (χ3v) is 4.10. The summed E-state index contributed by atoms with van der Waals surface area (Å²) in [6, 6.07) is 8.21. The van der Waals surface area contributed by atoms with E-state index in [1.807, 2.05) is 24.3 Å². The molecular formula is C14H19IN2O2. The third kappa shape index (κ3) is 4.43. The first kappa shape index (κ1) is 14.7. The van der Waals surface area contributed by atoms with Crippen LogP contribution in [0.1, 0.15) is 19.3 Å². The number of rotatable bonds is 6. The topological polar surface area (TPSA) is 52.6 Å². The first-order valence-electron chi connectivity index (χ1n) is 6.59. The number of aliphatic hydroxyl groups excluding tert-OH is 1. The van der Waals surface area contributed by atoms with Gasteiger partial charge in [-0.25, -0.2) is 0 Å². The fourth-order valence-electron chi connectivity index (χ4n) is 2.22. The number of aliphatic hydroxyl groups is 1. The van der Waals surface area contributed by atoms with E-state index in [2.05, 4.69) is 32.8 Å². The average Bonchev–Trinajstić information content (AvgIpc) is 2.26. The highest BCUT2D eigenvalue weighted by Crippen LogP contribution is 2.24. The third-order valence-electron chi connectivity index (χ3n) is 3.43. The summed E-state index contributed by atoms with van der Waals surface area (Å²) in [5.74, 6) is -0.0117. The van der Waals surface area contributed by atoms with Crippen molar-refractivity contribution in [3.05, 3.63) is 27.8 Å². The van der Waals surface area contributed by atoms with E-state index in [0.717, 1.165) is 22.1 Å². The van der Waals surface area contributed by atoms with Crippen LogP contribution in [0.3, 0.4) is 0 Å². The molecule has 4 nitrogen and oxygen atoms in total. The van der Waals surface area contributed by atoms with Crippen LogP contribution < -0.4 is 5.32 Å². The van der Waals surface area contributed by atoms with Gasteiger partial charge in [-0.1, -0.05) is 12.5 Å². The molecule has 1 aliphatic rings. The lowest BCUT2D eigenvalue weighted by Crippen LogP contribution is -2.45. The normalized spacial score (nSPS) is 15.3. The van der Waals surface area contributed by atoms with Crippen LogP contribution in [0, 0.1) is 3.57 Å². The first-order chi connectivity index (χ1) is 9.19. The van der Waals surface area contributed by atoms with Crippen molar-refractivity contribution in [3.63, 3.8) is 0 Å². The molecule has 0 aromatic heterocycles. The molecule has 0 atom stereocenters. The molecule has 19 heavy (non-hydrogen) atoms. The summed E-state index contributed by atoms with van der Waals surface area (Å²) in [4.78, 5) is 14.1. The summed E-state index contributed by atoms with van der Waals surface area (Å²) in [6.07, 6.45) is 3.50. The Morgan fingerprint density at radius 2 is 2.26 bits per heavy atom. The molecule has 1 fully saturated rings. The molecule has 0 heterocycles. The standard InChI is InChI=1S/C14H19IN2O2/c15-11-3-1-4-12(9-11)16-14(19)10-17(7-8-18)13-5-2-6-13/h1,3-4,9,13,18H,2,5-8,10H2,(H,16,19). The number of anilines is 1. The molecule has 1 amide bonds. The van der Waals surface area contributed by atoms with Crippen LogP contribution in [0.25, 0.3) is 0 Å². The van der Waals surface area contributed by atoms with Gasteiger partial charge in [0.15, 0.2) is 0 Å². The van der Waals surface area contributed by atoms with Gasteiger partial charge in [0.1, 0.15) is 0 Å². The molecule has 1 saturated carbocycles.